The molecule has 1 aliphatic rings. The number of aryl methyl sites for hydroxylation is 1. The normalized spacial score (nSPS) is 14.5. The highest BCUT2D eigenvalue weighted by molar-refractivity contribution is 6.34. The summed E-state index contributed by atoms with van der Waals surface area (Å²) >= 11 is 6.07. The van der Waals surface area contributed by atoms with E-state index >= 15 is 0 Å². The maximum absolute atomic E-state index is 12.7. The van der Waals surface area contributed by atoms with E-state index in [0.29, 0.717) is 18.7 Å². The summed E-state index contributed by atoms with van der Waals surface area (Å²) in [4.78, 5) is 26.9. The van der Waals surface area contributed by atoms with Crippen LogP contribution in [0, 0.1) is 17.0 Å². The summed E-state index contributed by atoms with van der Waals surface area (Å²) in [6.07, 6.45) is 0. The highest BCUT2D eigenvalue weighted by Gasteiger charge is 2.25. The average Bonchev–Trinajstić information content (AvgIpc) is 2.61. The molecule has 1 saturated heterocycles. The number of amides is 1. The Balaban J connectivity index is 1.70. The van der Waals surface area contributed by atoms with E-state index in [-0.39, 0.29) is 16.6 Å². The molecule has 1 aliphatic heterocycles. The summed E-state index contributed by atoms with van der Waals surface area (Å²) in [6, 6.07) is 12.1. The smallest absolute Gasteiger partial charge is 0.270 e. The van der Waals surface area contributed by atoms with Crippen molar-refractivity contribution in [2.45, 2.75) is 6.92 Å². The summed E-state index contributed by atoms with van der Waals surface area (Å²) in [5, 5.41) is 10.9. The van der Waals surface area contributed by atoms with Gasteiger partial charge < -0.3 is 9.80 Å². The Morgan fingerprint density at radius 3 is 2.40 bits per heavy atom. The van der Waals surface area contributed by atoms with Gasteiger partial charge in [0.25, 0.3) is 11.6 Å². The van der Waals surface area contributed by atoms with Gasteiger partial charge in [-0.15, -0.1) is 0 Å². The lowest BCUT2D eigenvalue weighted by atomic mass is 10.1. The predicted molar refractivity (Wildman–Crippen MR) is 97.4 cm³/mol. The monoisotopic (exact) mass is 359 g/mol. The van der Waals surface area contributed by atoms with Crippen LogP contribution in [-0.2, 0) is 0 Å². The number of hydrogen-bond acceptors (Lipinski definition) is 4. The molecule has 2 aromatic carbocycles. The van der Waals surface area contributed by atoms with Gasteiger partial charge in [-0.3, -0.25) is 14.9 Å². The maximum atomic E-state index is 12.7. The van der Waals surface area contributed by atoms with Gasteiger partial charge in [-0.25, -0.2) is 0 Å². The third-order valence-electron chi connectivity index (χ3n) is 4.42. The molecule has 25 heavy (non-hydrogen) atoms. The van der Waals surface area contributed by atoms with Crippen LogP contribution in [0.5, 0.6) is 0 Å². The number of nitrogens with zero attached hydrogens (tertiary/aromatic N) is 3. The summed E-state index contributed by atoms with van der Waals surface area (Å²) in [7, 11) is 0. The summed E-state index contributed by atoms with van der Waals surface area (Å²) in [5.74, 6) is -0.190. The zero-order valence-corrected chi connectivity index (χ0v) is 14.6. The van der Waals surface area contributed by atoms with Crippen LogP contribution in [0.2, 0.25) is 5.02 Å². The number of nitro groups is 1. The number of carbonyl (C=O) groups is 1. The van der Waals surface area contributed by atoms with E-state index in [1.165, 1.54) is 29.4 Å². The molecule has 0 saturated carbocycles. The summed E-state index contributed by atoms with van der Waals surface area (Å²) in [5.41, 5.74) is 2.58. The first-order chi connectivity index (χ1) is 12.0. The van der Waals surface area contributed by atoms with E-state index in [0.717, 1.165) is 13.1 Å². The zero-order valence-electron chi connectivity index (χ0n) is 13.8. The number of carbonyl (C=O) groups excluding carboxylic acids is 1. The SMILES string of the molecule is Cc1ccccc1N1CCN(C(=O)c2ccc([N+](=O)[O-])cc2Cl)CC1. The largest absolute Gasteiger partial charge is 0.368 e. The molecule has 0 aromatic heterocycles. The van der Waals surface area contributed by atoms with Gasteiger partial charge in [0.15, 0.2) is 0 Å². The average molecular weight is 360 g/mol. The number of nitro benzene ring substituents is 1. The molecule has 0 radical (unpaired) electrons. The number of benzene rings is 2. The Hall–Kier alpha value is -2.60. The Morgan fingerprint density at radius 1 is 1.12 bits per heavy atom. The minimum Gasteiger partial charge on any atom is -0.368 e. The minimum atomic E-state index is -0.527. The van der Waals surface area contributed by atoms with E-state index in [1.54, 1.807) is 4.90 Å². The lowest BCUT2D eigenvalue weighted by molar-refractivity contribution is -0.384. The molecule has 0 atom stereocenters. The highest BCUT2D eigenvalue weighted by Crippen LogP contribution is 2.25. The second-order valence-electron chi connectivity index (χ2n) is 5.99. The van der Waals surface area contributed by atoms with Gasteiger partial charge in [0.1, 0.15) is 0 Å². The second kappa shape index (κ2) is 7.11. The van der Waals surface area contributed by atoms with Crippen LogP contribution in [0.1, 0.15) is 15.9 Å². The van der Waals surface area contributed by atoms with Crippen molar-refractivity contribution in [3.8, 4) is 0 Å². The van der Waals surface area contributed by atoms with Crippen LogP contribution < -0.4 is 4.90 Å². The fourth-order valence-electron chi connectivity index (χ4n) is 3.03. The van der Waals surface area contributed by atoms with E-state index < -0.39 is 4.92 Å². The summed E-state index contributed by atoms with van der Waals surface area (Å²) in [6.45, 7) is 4.72. The van der Waals surface area contributed by atoms with E-state index in [9.17, 15) is 14.9 Å². The van der Waals surface area contributed by atoms with E-state index in [1.807, 2.05) is 12.1 Å². The first-order valence-corrected chi connectivity index (χ1v) is 8.39. The molecule has 0 N–H and O–H groups in total. The third kappa shape index (κ3) is 3.58. The van der Waals surface area contributed by atoms with Crippen LogP contribution in [0.15, 0.2) is 42.5 Å². The lowest BCUT2D eigenvalue weighted by Gasteiger charge is -2.37. The number of halogens is 1. The van der Waals surface area contributed by atoms with Gasteiger partial charge in [-0.2, -0.15) is 0 Å². The molecular weight excluding hydrogens is 342 g/mol. The molecule has 6 nitrogen and oxygen atoms in total. The van der Waals surface area contributed by atoms with Gasteiger partial charge in [-0.05, 0) is 24.6 Å². The van der Waals surface area contributed by atoms with Crippen molar-refractivity contribution in [3.63, 3.8) is 0 Å². The number of rotatable bonds is 3. The van der Waals surface area contributed by atoms with Crippen LogP contribution in [0.4, 0.5) is 11.4 Å². The van der Waals surface area contributed by atoms with E-state index in [2.05, 4.69) is 24.0 Å². The van der Waals surface area contributed by atoms with Gasteiger partial charge in [0.05, 0.1) is 15.5 Å². The van der Waals surface area contributed by atoms with Gasteiger partial charge >= 0.3 is 0 Å². The quantitative estimate of drug-likeness (QED) is 0.621. The predicted octanol–water partition coefficient (Wildman–Crippen LogP) is 3.52. The van der Waals surface area contributed by atoms with Crippen LogP contribution in [0.25, 0.3) is 0 Å². The number of hydrogen-bond donors (Lipinski definition) is 0. The number of piperazine rings is 1. The molecule has 1 fully saturated rings. The fraction of sp³-hybridized carbons (Fsp3) is 0.278. The molecule has 7 heteroatoms. The molecule has 1 heterocycles. The molecule has 0 spiro atoms. The minimum absolute atomic E-state index is 0.112. The van der Waals surface area contributed by atoms with Gasteiger partial charge in [0, 0.05) is 44.0 Å². The molecule has 0 aliphatic carbocycles. The molecule has 0 unspecified atom stereocenters. The number of para-hydroxylation sites is 1. The Kier molecular flexibility index (Phi) is 4.90. The van der Waals surface area contributed by atoms with Crippen molar-refractivity contribution in [1.82, 2.24) is 4.90 Å². The molecule has 0 bridgehead atoms. The molecule has 2 aromatic rings. The van der Waals surface area contributed by atoms with Gasteiger partial charge in [0.2, 0.25) is 0 Å². The highest BCUT2D eigenvalue weighted by atomic mass is 35.5. The van der Waals surface area contributed by atoms with Crippen molar-refractivity contribution in [2.24, 2.45) is 0 Å². The topological polar surface area (TPSA) is 66.7 Å². The van der Waals surface area contributed by atoms with Crippen molar-refractivity contribution in [2.75, 3.05) is 31.1 Å². The Labute approximate surface area is 150 Å². The van der Waals surface area contributed by atoms with Crippen LogP contribution >= 0.6 is 11.6 Å². The zero-order chi connectivity index (χ0) is 18.0. The van der Waals surface area contributed by atoms with Crippen molar-refractivity contribution in [1.29, 1.82) is 0 Å². The Bertz CT molecular complexity index is 817. The second-order valence-corrected chi connectivity index (χ2v) is 6.39. The van der Waals surface area contributed by atoms with Crippen LogP contribution in [0.3, 0.4) is 0 Å². The first-order valence-electron chi connectivity index (χ1n) is 8.01. The Morgan fingerprint density at radius 2 is 1.80 bits per heavy atom. The molecule has 130 valence electrons. The maximum Gasteiger partial charge on any atom is 0.270 e. The number of anilines is 1. The first kappa shape index (κ1) is 17.2. The third-order valence-corrected chi connectivity index (χ3v) is 4.73. The fourth-order valence-corrected chi connectivity index (χ4v) is 3.29. The van der Waals surface area contributed by atoms with Crippen molar-refractivity contribution in [3.05, 3.63) is 68.7 Å². The molecule has 3 rings (SSSR count). The lowest BCUT2D eigenvalue weighted by Crippen LogP contribution is -2.49. The van der Waals surface area contributed by atoms with Crippen LogP contribution in [-0.4, -0.2) is 41.9 Å². The van der Waals surface area contributed by atoms with Crippen molar-refractivity contribution >= 4 is 28.9 Å². The number of non-ortho nitro benzene ring substituents is 1. The van der Waals surface area contributed by atoms with E-state index in [4.69, 9.17) is 11.6 Å². The molecule has 1 amide bonds. The molecular formula is C18H18ClN3O3. The van der Waals surface area contributed by atoms with Gasteiger partial charge in [-0.1, -0.05) is 29.8 Å². The summed E-state index contributed by atoms with van der Waals surface area (Å²) < 4.78 is 0. The van der Waals surface area contributed by atoms with Crippen molar-refractivity contribution < 1.29 is 9.72 Å². The standard InChI is InChI=1S/C18H18ClN3O3/c1-13-4-2-3-5-17(13)20-8-10-21(11-9-20)18(23)15-7-6-14(22(24)25)12-16(15)19/h2-7,12H,8-11H2,1H3.